The van der Waals surface area contributed by atoms with Crippen LogP contribution in [0.4, 0.5) is 0 Å². The summed E-state index contributed by atoms with van der Waals surface area (Å²) in [6.45, 7) is 5.81. The van der Waals surface area contributed by atoms with Gasteiger partial charge in [0.2, 0.25) is 0 Å². The molecule has 1 heterocycles. The van der Waals surface area contributed by atoms with E-state index in [1.54, 1.807) is 0 Å². The van der Waals surface area contributed by atoms with Crippen LogP contribution in [0.3, 0.4) is 0 Å². The molecular formula is C16H19N3. The number of aromatic nitrogens is 1. The maximum absolute atomic E-state index is 9.00. The Kier molecular flexibility index (Phi) is 4.03. The van der Waals surface area contributed by atoms with Gasteiger partial charge in [0.25, 0.3) is 0 Å². The van der Waals surface area contributed by atoms with E-state index in [2.05, 4.69) is 42.6 Å². The molecule has 98 valence electrons. The molecule has 3 heteroatoms. The van der Waals surface area contributed by atoms with Crippen molar-refractivity contribution in [1.82, 2.24) is 9.88 Å². The van der Waals surface area contributed by atoms with Crippen LogP contribution in [0.15, 0.2) is 30.3 Å². The molecule has 0 aliphatic heterocycles. The summed E-state index contributed by atoms with van der Waals surface area (Å²) in [7, 11) is 1.93. The van der Waals surface area contributed by atoms with Gasteiger partial charge in [0.15, 0.2) is 0 Å². The van der Waals surface area contributed by atoms with Gasteiger partial charge >= 0.3 is 0 Å². The number of rotatable bonds is 4. The van der Waals surface area contributed by atoms with E-state index < -0.39 is 0 Å². The van der Waals surface area contributed by atoms with Gasteiger partial charge in [-0.05, 0) is 36.6 Å². The van der Waals surface area contributed by atoms with Crippen LogP contribution in [0.5, 0.6) is 0 Å². The topological polar surface area (TPSA) is 40.8 Å². The Morgan fingerprint density at radius 2 is 1.84 bits per heavy atom. The predicted octanol–water partition coefficient (Wildman–Crippen LogP) is 2.80. The van der Waals surface area contributed by atoms with Crippen molar-refractivity contribution in [3.8, 4) is 6.07 Å². The van der Waals surface area contributed by atoms with Gasteiger partial charge in [0, 0.05) is 25.8 Å². The third-order valence-electron chi connectivity index (χ3n) is 3.65. The van der Waals surface area contributed by atoms with Gasteiger partial charge in [0.05, 0.1) is 0 Å². The molecule has 0 unspecified atom stereocenters. The summed E-state index contributed by atoms with van der Waals surface area (Å²) in [4.78, 5) is 0. The molecule has 3 nitrogen and oxygen atoms in total. The summed E-state index contributed by atoms with van der Waals surface area (Å²) in [5.41, 5.74) is 5.67. The van der Waals surface area contributed by atoms with Crippen molar-refractivity contribution >= 4 is 0 Å². The molecule has 0 saturated carbocycles. The Morgan fingerprint density at radius 1 is 1.16 bits per heavy atom. The van der Waals surface area contributed by atoms with Gasteiger partial charge in [-0.2, -0.15) is 5.26 Å². The summed E-state index contributed by atoms with van der Waals surface area (Å²) < 4.78 is 1.94. The van der Waals surface area contributed by atoms with Crippen LogP contribution in [0.2, 0.25) is 0 Å². The third kappa shape index (κ3) is 2.86. The Balaban J connectivity index is 2.01. The molecule has 0 bridgehead atoms. The minimum Gasteiger partial charge on any atom is -0.340 e. The summed E-state index contributed by atoms with van der Waals surface area (Å²) in [6.07, 6.45) is 0. The zero-order valence-electron chi connectivity index (χ0n) is 11.7. The van der Waals surface area contributed by atoms with Crippen molar-refractivity contribution in [1.29, 1.82) is 5.26 Å². The van der Waals surface area contributed by atoms with Crippen molar-refractivity contribution in [2.45, 2.75) is 26.9 Å². The fraction of sp³-hybridized carbons (Fsp3) is 0.312. The lowest BCUT2D eigenvalue weighted by Crippen LogP contribution is -2.14. The first-order valence-electron chi connectivity index (χ1n) is 6.44. The van der Waals surface area contributed by atoms with Crippen LogP contribution in [-0.4, -0.2) is 4.57 Å². The zero-order valence-corrected chi connectivity index (χ0v) is 11.7. The van der Waals surface area contributed by atoms with Gasteiger partial charge in [-0.3, -0.25) is 0 Å². The molecule has 0 aliphatic carbocycles. The monoisotopic (exact) mass is 253 g/mol. The van der Waals surface area contributed by atoms with E-state index in [1.807, 2.05) is 24.6 Å². The van der Waals surface area contributed by atoms with E-state index in [1.165, 1.54) is 16.7 Å². The molecule has 2 rings (SSSR count). The standard InChI is InChI=1S/C16H19N3/c1-12-6-4-5-7-14(12)10-18-11-15-8-16(9-17)19(3)13(15)2/h4-8,18H,10-11H2,1-3H3. The Bertz CT molecular complexity index is 617. The Labute approximate surface area is 114 Å². The van der Waals surface area contributed by atoms with E-state index in [-0.39, 0.29) is 0 Å². The quantitative estimate of drug-likeness (QED) is 0.910. The molecule has 0 radical (unpaired) electrons. The van der Waals surface area contributed by atoms with E-state index in [9.17, 15) is 0 Å². The summed E-state index contributed by atoms with van der Waals surface area (Å²) in [5, 5.41) is 12.4. The van der Waals surface area contributed by atoms with E-state index >= 15 is 0 Å². The number of nitrogens with one attached hydrogen (secondary N) is 1. The predicted molar refractivity (Wildman–Crippen MR) is 76.6 cm³/mol. The first-order valence-corrected chi connectivity index (χ1v) is 6.44. The van der Waals surface area contributed by atoms with Gasteiger partial charge in [-0.25, -0.2) is 0 Å². The van der Waals surface area contributed by atoms with Crippen molar-refractivity contribution in [2.75, 3.05) is 0 Å². The summed E-state index contributed by atoms with van der Waals surface area (Å²) in [5.74, 6) is 0. The Morgan fingerprint density at radius 3 is 2.47 bits per heavy atom. The van der Waals surface area contributed by atoms with Gasteiger partial charge in [0.1, 0.15) is 11.8 Å². The number of aryl methyl sites for hydroxylation is 1. The zero-order chi connectivity index (χ0) is 13.8. The highest BCUT2D eigenvalue weighted by atomic mass is 15.0. The number of hydrogen-bond donors (Lipinski definition) is 1. The largest absolute Gasteiger partial charge is 0.340 e. The van der Waals surface area contributed by atoms with Crippen LogP contribution < -0.4 is 5.32 Å². The first-order chi connectivity index (χ1) is 9.13. The lowest BCUT2D eigenvalue weighted by molar-refractivity contribution is 0.685. The minimum atomic E-state index is 0.713. The van der Waals surface area contributed by atoms with E-state index in [0.717, 1.165) is 18.8 Å². The fourth-order valence-corrected chi connectivity index (χ4v) is 2.19. The smallest absolute Gasteiger partial charge is 0.120 e. The maximum Gasteiger partial charge on any atom is 0.120 e. The van der Waals surface area contributed by atoms with Crippen LogP contribution in [0.25, 0.3) is 0 Å². The third-order valence-corrected chi connectivity index (χ3v) is 3.65. The average Bonchev–Trinajstić information content (AvgIpc) is 2.69. The van der Waals surface area contributed by atoms with Gasteiger partial charge in [-0.15, -0.1) is 0 Å². The van der Waals surface area contributed by atoms with Crippen LogP contribution >= 0.6 is 0 Å². The summed E-state index contributed by atoms with van der Waals surface area (Å²) >= 11 is 0. The normalized spacial score (nSPS) is 10.4. The molecular weight excluding hydrogens is 234 g/mol. The van der Waals surface area contributed by atoms with E-state index in [4.69, 9.17) is 5.26 Å². The first kappa shape index (κ1) is 13.4. The second kappa shape index (κ2) is 5.73. The van der Waals surface area contributed by atoms with Crippen LogP contribution in [-0.2, 0) is 20.1 Å². The van der Waals surface area contributed by atoms with E-state index in [0.29, 0.717) is 5.69 Å². The lowest BCUT2D eigenvalue weighted by atomic mass is 10.1. The highest BCUT2D eigenvalue weighted by Gasteiger charge is 2.08. The molecule has 0 aliphatic rings. The molecule has 1 aromatic carbocycles. The average molecular weight is 253 g/mol. The van der Waals surface area contributed by atoms with Crippen molar-refractivity contribution < 1.29 is 0 Å². The molecule has 2 aromatic rings. The second-order valence-electron chi connectivity index (χ2n) is 4.84. The highest BCUT2D eigenvalue weighted by molar-refractivity contribution is 5.34. The number of benzene rings is 1. The lowest BCUT2D eigenvalue weighted by Gasteiger charge is -2.07. The van der Waals surface area contributed by atoms with Crippen molar-refractivity contribution in [3.05, 3.63) is 58.4 Å². The maximum atomic E-state index is 9.00. The number of nitriles is 1. The molecule has 0 saturated heterocycles. The molecule has 0 fully saturated rings. The second-order valence-corrected chi connectivity index (χ2v) is 4.84. The van der Waals surface area contributed by atoms with Crippen molar-refractivity contribution in [3.63, 3.8) is 0 Å². The molecule has 0 atom stereocenters. The van der Waals surface area contributed by atoms with Crippen molar-refractivity contribution in [2.24, 2.45) is 7.05 Å². The fourth-order valence-electron chi connectivity index (χ4n) is 2.19. The molecule has 19 heavy (non-hydrogen) atoms. The van der Waals surface area contributed by atoms with Gasteiger partial charge in [-0.1, -0.05) is 24.3 Å². The highest BCUT2D eigenvalue weighted by Crippen LogP contribution is 2.13. The number of nitrogens with zero attached hydrogens (tertiary/aromatic N) is 2. The molecule has 1 N–H and O–H groups in total. The SMILES string of the molecule is Cc1ccccc1CNCc1cc(C#N)n(C)c1C. The Hall–Kier alpha value is -2.05. The van der Waals surface area contributed by atoms with Crippen LogP contribution in [0, 0.1) is 25.2 Å². The molecule has 0 amide bonds. The molecule has 0 spiro atoms. The summed E-state index contributed by atoms with van der Waals surface area (Å²) in [6, 6.07) is 12.5. The number of hydrogen-bond acceptors (Lipinski definition) is 2. The molecule has 1 aromatic heterocycles. The minimum absolute atomic E-state index is 0.713. The van der Waals surface area contributed by atoms with Gasteiger partial charge < -0.3 is 9.88 Å². The van der Waals surface area contributed by atoms with Crippen LogP contribution in [0.1, 0.15) is 28.1 Å².